The van der Waals surface area contributed by atoms with E-state index in [1.807, 2.05) is 6.07 Å². The maximum absolute atomic E-state index is 13.0. The molecule has 3 amide bonds. The van der Waals surface area contributed by atoms with E-state index in [9.17, 15) is 24.3 Å². The van der Waals surface area contributed by atoms with Crippen LogP contribution in [0.3, 0.4) is 0 Å². The standard InChI is InChI=1S/C23H35N5O5S/c24-11-5-4-9-17(20(29)27-18(23(32)33)13-15-7-2-1-3-8-15)26-21(30)19-10-6-12-28(19)22(31)16(25)14-34/h1-3,7-8,16-19,34H,4-6,9-14,24-25H2,(H,26,30)(H,27,29)(H,32,33). The van der Waals surface area contributed by atoms with Crippen molar-refractivity contribution >= 4 is 36.3 Å². The van der Waals surface area contributed by atoms with Gasteiger partial charge in [-0.3, -0.25) is 14.4 Å². The van der Waals surface area contributed by atoms with Gasteiger partial charge in [0.05, 0.1) is 6.04 Å². The fourth-order valence-electron chi connectivity index (χ4n) is 3.95. The third-order valence-corrected chi connectivity index (χ3v) is 6.22. The van der Waals surface area contributed by atoms with Crippen molar-refractivity contribution in [1.29, 1.82) is 0 Å². The molecule has 10 nitrogen and oxygen atoms in total. The molecule has 1 saturated heterocycles. The Bertz CT molecular complexity index is 840. The summed E-state index contributed by atoms with van der Waals surface area (Å²) in [5, 5.41) is 14.9. The van der Waals surface area contributed by atoms with Gasteiger partial charge in [-0.1, -0.05) is 30.3 Å². The van der Waals surface area contributed by atoms with E-state index in [4.69, 9.17) is 11.5 Å². The summed E-state index contributed by atoms with van der Waals surface area (Å²) in [6.07, 6.45) is 2.73. The molecule has 0 spiro atoms. The fourth-order valence-corrected chi connectivity index (χ4v) is 4.10. The largest absolute Gasteiger partial charge is 0.480 e. The van der Waals surface area contributed by atoms with Crippen LogP contribution in [0.1, 0.15) is 37.7 Å². The average molecular weight is 494 g/mol. The van der Waals surface area contributed by atoms with Crippen molar-refractivity contribution in [2.75, 3.05) is 18.8 Å². The van der Waals surface area contributed by atoms with Gasteiger partial charge in [0.1, 0.15) is 18.1 Å². The van der Waals surface area contributed by atoms with Gasteiger partial charge in [0.25, 0.3) is 0 Å². The highest BCUT2D eigenvalue weighted by Crippen LogP contribution is 2.19. The van der Waals surface area contributed by atoms with Crippen LogP contribution >= 0.6 is 12.6 Å². The topological polar surface area (TPSA) is 168 Å². The van der Waals surface area contributed by atoms with E-state index >= 15 is 0 Å². The van der Waals surface area contributed by atoms with Gasteiger partial charge in [-0.25, -0.2) is 4.79 Å². The van der Waals surface area contributed by atoms with E-state index in [2.05, 4.69) is 23.3 Å². The molecular weight excluding hydrogens is 458 g/mol. The summed E-state index contributed by atoms with van der Waals surface area (Å²) in [4.78, 5) is 51.8. The number of rotatable bonds is 13. The zero-order valence-electron chi connectivity index (χ0n) is 19.2. The molecule has 0 aliphatic carbocycles. The van der Waals surface area contributed by atoms with Gasteiger partial charge in [0.15, 0.2) is 0 Å². The number of benzene rings is 1. The lowest BCUT2D eigenvalue weighted by Crippen LogP contribution is -2.57. The Hall–Kier alpha value is -2.63. The fraction of sp³-hybridized carbons (Fsp3) is 0.565. The minimum absolute atomic E-state index is 0.109. The van der Waals surface area contributed by atoms with Gasteiger partial charge >= 0.3 is 5.97 Å². The monoisotopic (exact) mass is 493 g/mol. The zero-order valence-corrected chi connectivity index (χ0v) is 20.1. The zero-order chi connectivity index (χ0) is 25.1. The summed E-state index contributed by atoms with van der Waals surface area (Å²) in [5.74, 6) is -2.41. The molecule has 0 saturated carbocycles. The van der Waals surface area contributed by atoms with Crippen LogP contribution < -0.4 is 22.1 Å². The van der Waals surface area contributed by atoms with Crippen molar-refractivity contribution in [1.82, 2.24) is 15.5 Å². The number of nitrogens with two attached hydrogens (primary N) is 2. The molecule has 1 aliphatic heterocycles. The summed E-state index contributed by atoms with van der Waals surface area (Å²) in [7, 11) is 0. The molecule has 1 fully saturated rings. The van der Waals surface area contributed by atoms with Crippen molar-refractivity contribution in [2.45, 2.75) is 62.7 Å². The summed E-state index contributed by atoms with van der Waals surface area (Å²) < 4.78 is 0. The number of thiol groups is 1. The smallest absolute Gasteiger partial charge is 0.326 e. The van der Waals surface area contributed by atoms with Crippen molar-refractivity contribution in [2.24, 2.45) is 11.5 Å². The summed E-state index contributed by atoms with van der Waals surface area (Å²) >= 11 is 4.06. The van der Waals surface area contributed by atoms with Crippen LogP contribution in [-0.4, -0.2) is 76.7 Å². The Morgan fingerprint density at radius 3 is 2.44 bits per heavy atom. The third-order valence-electron chi connectivity index (χ3n) is 5.83. The molecule has 1 aromatic rings. The number of aliphatic carboxylic acids is 1. The number of carboxylic acids is 1. The Balaban J connectivity index is 2.10. The van der Waals surface area contributed by atoms with Gasteiger partial charge in [-0.05, 0) is 44.2 Å². The molecule has 34 heavy (non-hydrogen) atoms. The van der Waals surface area contributed by atoms with E-state index in [1.165, 1.54) is 4.90 Å². The SMILES string of the molecule is NCCCCC(NC(=O)C1CCCN1C(=O)C(N)CS)C(=O)NC(Cc1ccccc1)C(=O)O. The van der Waals surface area contributed by atoms with Gasteiger partial charge < -0.3 is 32.1 Å². The minimum atomic E-state index is -1.17. The predicted molar refractivity (Wildman–Crippen MR) is 131 cm³/mol. The highest BCUT2D eigenvalue weighted by atomic mass is 32.1. The van der Waals surface area contributed by atoms with Crippen LogP contribution in [0.4, 0.5) is 0 Å². The van der Waals surface area contributed by atoms with Crippen molar-refractivity contribution in [3.63, 3.8) is 0 Å². The normalized spacial score (nSPS) is 18.1. The molecule has 1 heterocycles. The van der Waals surface area contributed by atoms with Crippen molar-refractivity contribution in [3.8, 4) is 0 Å². The number of carboxylic acid groups (broad SMARTS) is 1. The number of carbonyl (C=O) groups excluding carboxylic acids is 3. The molecule has 0 aromatic heterocycles. The number of hydrogen-bond acceptors (Lipinski definition) is 7. The van der Waals surface area contributed by atoms with E-state index in [0.29, 0.717) is 45.2 Å². The quantitative estimate of drug-likeness (QED) is 0.161. The molecule has 1 aliphatic rings. The second-order valence-corrected chi connectivity index (χ2v) is 8.78. The number of amides is 3. The maximum atomic E-state index is 13.0. The molecule has 4 atom stereocenters. The highest BCUT2D eigenvalue weighted by Gasteiger charge is 2.37. The van der Waals surface area contributed by atoms with E-state index in [0.717, 1.165) is 5.56 Å². The Morgan fingerprint density at radius 1 is 1.12 bits per heavy atom. The van der Waals surface area contributed by atoms with Crippen molar-refractivity contribution in [3.05, 3.63) is 35.9 Å². The first-order chi connectivity index (χ1) is 16.3. The van der Waals surface area contributed by atoms with E-state index in [-0.39, 0.29) is 18.1 Å². The lowest BCUT2D eigenvalue weighted by atomic mass is 10.0. The lowest BCUT2D eigenvalue weighted by Gasteiger charge is -2.28. The molecule has 188 valence electrons. The number of carbonyl (C=O) groups is 4. The first-order valence-corrected chi connectivity index (χ1v) is 12.2. The Labute approximate surface area is 205 Å². The van der Waals surface area contributed by atoms with Crippen LogP contribution in [0.2, 0.25) is 0 Å². The van der Waals surface area contributed by atoms with Crippen LogP contribution in [0, 0.1) is 0 Å². The lowest BCUT2D eigenvalue weighted by molar-refractivity contribution is -0.143. The number of nitrogens with zero attached hydrogens (tertiary/aromatic N) is 1. The predicted octanol–water partition coefficient (Wildman–Crippen LogP) is -0.340. The first-order valence-electron chi connectivity index (χ1n) is 11.5. The number of nitrogens with one attached hydrogen (secondary N) is 2. The van der Waals surface area contributed by atoms with Crippen LogP contribution in [-0.2, 0) is 25.6 Å². The molecule has 11 heteroatoms. The second-order valence-electron chi connectivity index (χ2n) is 8.41. The molecule has 1 aromatic carbocycles. The van der Waals surface area contributed by atoms with Gasteiger partial charge in [-0.2, -0.15) is 12.6 Å². The summed E-state index contributed by atoms with van der Waals surface area (Å²) in [6.45, 7) is 0.834. The van der Waals surface area contributed by atoms with Gasteiger partial charge in [-0.15, -0.1) is 0 Å². The third kappa shape index (κ3) is 8.00. The molecular formula is C23H35N5O5S. The Kier molecular flexibility index (Phi) is 11.3. The van der Waals surface area contributed by atoms with Crippen LogP contribution in [0.15, 0.2) is 30.3 Å². The second kappa shape index (κ2) is 13.9. The van der Waals surface area contributed by atoms with Crippen LogP contribution in [0.5, 0.6) is 0 Å². The Morgan fingerprint density at radius 2 is 1.82 bits per heavy atom. The average Bonchev–Trinajstić information content (AvgIpc) is 3.32. The first kappa shape index (κ1) is 27.6. The van der Waals surface area contributed by atoms with Crippen molar-refractivity contribution < 1.29 is 24.3 Å². The molecule has 0 bridgehead atoms. The summed E-state index contributed by atoms with van der Waals surface area (Å²) in [5.41, 5.74) is 12.1. The molecule has 0 radical (unpaired) electrons. The number of unbranched alkanes of at least 4 members (excludes halogenated alkanes) is 1. The highest BCUT2D eigenvalue weighted by molar-refractivity contribution is 7.80. The molecule has 2 rings (SSSR count). The number of likely N-dealkylation sites (tertiary alicyclic amines) is 1. The number of hydrogen-bond donors (Lipinski definition) is 6. The van der Waals surface area contributed by atoms with Crippen LogP contribution in [0.25, 0.3) is 0 Å². The van der Waals surface area contributed by atoms with E-state index < -0.39 is 42.0 Å². The molecule has 4 unspecified atom stereocenters. The van der Waals surface area contributed by atoms with Gasteiger partial charge in [0, 0.05) is 18.7 Å². The maximum Gasteiger partial charge on any atom is 0.326 e. The molecule has 7 N–H and O–H groups in total. The van der Waals surface area contributed by atoms with E-state index in [1.54, 1.807) is 24.3 Å². The van der Waals surface area contributed by atoms with Gasteiger partial charge in [0.2, 0.25) is 17.7 Å². The summed E-state index contributed by atoms with van der Waals surface area (Å²) in [6, 6.07) is 5.32. The minimum Gasteiger partial charge on any atom is -0.480 e.